The van der Waals surface area contributed by atoms with Crippen LogP contribution in [-0.2, 0) is 4.79 Å². The maximum absolute atomic E-state index is 13.7. The van der Waals surface area contributed by atoms with E-state index in [9.17, 15) is 10.0 Å². The first-order valence-corrected chi connectivity index (χ1v) is 10.0. The van der Waals surface area contributed by atoms with Gasteiger partial charge in [-0.3, -0.25) is 4.79 Å². The van der Waals surface area contributed by atoms with Gasteiger partial charge in [0.25, 0.3) is 5.91 Å². The van der Waals surface area contributed by atoms with Crippen molar-refractivity contribution in [3.05, 3.63) is 41.1 Å². The number of likely N-dealkylation sites (tertiary alicyclic amines) is 1. The lowest BCUT2D eigenvalue weighted by Gasteiger charge is -2.50. The van der Waals surface area contributed by atoms with E-state index in [1.807, 2.05) is 37.3 Å². The summed E-state index contributed by atoms with van der Waals surface area (Å²) in [6.07, 6.45) is 9.62. The molecular formula is C21H32N2O2. The molecule has 1 heterocycles. The summed E-state index contributed by atoms with van der Waals surface area (Å²) >= 11 is 0. The molecule has 1 aromatic carbocycles. The van der Waals surface area contributed by atoms with Crippen molar-refractivity contribution in [2.24, 2.45) is 0 Å². The van der Waals surface area contributed by atoms with E-state index in [4.69, 9.17) is 0 Å². The number of hydrogen-bond donors (Lipinski definition) is 1. The lowest BCUT2D eigenvalue weighted by Crippen LogP contribution is -2.59. The minimum atomic E-state index is -0.421. The lowest BCUT2D eigenvalue weighted by molar-refractivity contribution is -0.909. The number of hydrogen-bond acceptors (Lipinski definition) is 2. The van der Waals surface area contributed by atoms with Gasteiger partial charge in [-0.2, -0.15) is 0 Å². The second kappa shape index (κ2) is 8.33. The molecule has 1 N–H and O–H groups in total. The Labute approximate surface area is 151 Å². The van der Waals surface area contributed by atoms with Gasteiger partial charge >= 0.3 is 0 Å². The number of nitrogens with zero attached hydrogens (tertiary/aromatic N) is 1. The minimum absolute atomic E-state index is 0.0501. The largest absolute Gasteiger partial charge is 0.632 e. The monoisotopic (exact) mass is 344 g/mol. The van der Waals surface area contributed by atoms with Gasteiger partial charge in [0.05, 0.1) is 18.6 Å². The van der Waals surface area contributed by atoms with E-state index in [-0.39, 0.29) is 22.6 Å². The van der Waals surface area contributed by atoms with Gasteiger partial charge in [0, 0.05) is 12.8 Å². The zero-order chi connectivity index (χ0) is 17.7. The molecule has 3 atom stereocenters. The molecule has 1 aliphatic carbocycles. The van der Waals surface area contributed by atoms with Gasteiger partial charge in [0.1, 0.15) is 0 Å². The predicted molar refractivity (Wildman–Crippen MR) is 101 cm³/mol. The fourth-order valence-corrected chi connectivity index (χ4v) is 4.68. The van der Waals surface area contributed by atoms with E-state index < -0.39 is 6.04 Å². The average Bonchev–Trinajstić information content (AvgIpc) is 2.98. The molecule has 2 fully saturated rings. The van der Waals surface area contributed by atoms with Crippen molar-refractivity contribution in [2.75, 3.05) is 6.54 Å². The van der Waals surface area contributed by atoms with Crippen LogP contribution in [0, 0.1) is 5.21 Å². The van der Waals surface area contributed by atoms with E-state index in [0.29, 0.717) is 6.54 Å². The van der Waals surface area contributed by atoms with Crippen molar-refractivity contribution < 1.29 is 9.44 Å². The Balaban J connectivity index is 1.68. The first-order chi connectivity index (χ1) is 12.1. The summed E-state index contributed by atoms with van der Waals surface area (Å²) in [4.78, 5) is 12.9. The van der Waals surface area contributed by atoms with Crippen molar-refractivity contribution in [3.63, 3.8) is 0 Å². The number of benzene rings is 1. The molecule has 1 aliphatic heterocycles. The molecule has 0 aromatic heterocycles. The summed E-state index contributed by atoms with van der Waals surface area (Å²) in [5.74, 6) is -0.0501. The van der Waals surface area contributed by atoms with Crippen LogP contribution >= 0.6 is 0 Å². The van der Waals surface area contributed by atoms with E-state index in [0.717, 1.165) is 44.1 Å². The third kappa shape index (κ3) is 4.24. The lowest BCUT2D eigenvalue weighted by atomic mass is 9.94. The highest BCUT2D eigenvalue weighted by atomic mass is 16.6. The zero-order valence-electron chi connectivity index (χ0n) is 15.5. The summed E-state index contributed by atoms with van der Waals surface area (Å²) in [5.41, 5.74) is 1.09. The molecule has 25 heavy (non-hydrogen) atoms. The van der Waals surface area contributed by atoms with Crippen molar-refractivity contribution in [1.29, 1.82) is 0 Å². The predicted octanol–water partition coefficient (Wildman–Crippen LogP) is 4.45. The van der Waals surface area contributed by atoms with Crippen molar-refractivity contribution in [3.8, 4) is 0 Å². The molecule has 1 saturated carbocycles. The van der Waals surface area contributed by atoms with Crippen LogP contribution in [0.3, 0.4) is 0 Å². The molecule has 4 heteroatoms. The van der Waals surface area contributed by atoms with Gasteiger partial charge in [-0.15, -0.1) is 0 Å². The third-order valence-electron chi connectivity index (χ3n) is 6.17. The van der Waals surface area contributed by atoms with Crippen LogP contribution in [-0.4, -0.2) is 29.2 Å². The molecular weight excluding hydrogens is 312 g/mol. The van der Waals surface area contributed by atoms with E-state index in [1.165, 1.54) is 19.3 Å². The van der Waals surface area contributed by atoms with Gasteiger partial charge in [0.2, 0.25) is 0 Å². The second-order valence-corrected chi connectivity index (χ2v) is 7.88. The quantitative estimate of drug-likeness (QED) is 0.648. The Morgan fingerprint density at radius 3 is 2.36 bits per heavy atom. The Morgan fingerprint density at radius 1 is 1.04 bits per heavy atom. The highest BCUT2D eigenvalue weighted by Gasteiger charge is 2.44. The molecule has 2 aliphatic rings. The summed E-state index contributed by atoms with van der Waals surface area (Å²) in [6, 6.07) is 9.62. The normalized spacial score (nSPS) is 29.6. The van der Waals surface area contributed by atoms with Crippen LogP contribution in [0.5, 0.6) is 0 Å². The molecule has 1 saturated heterocycles. The van der Waals surface area contributed by atoms with Gasteiger partial charge < -0.3 is 15.2 Å². The Bertz CT molecular complexity index is 554. The molecule has 0 unspecified atom stereocenters. The van der Waals surface area contributed by atoms with Crippen molar-refractivity contribution in [1.82, 2.24) is 5.32 Å². The molecule has 1 amide bonds. The molecule has 0 radical (unpaired) electrons. The third-order valence-corrected chi connectivity index (χ3v) is 6.17. The number of quaternary nitrogens is 1. The van der Waals surface area contributed by atoms with E-state index in [1.54, 1.807) is 0 Å². The maximum atomic E-state index is 13.7. The zero-order valence-corrected chi connectivity index (χ0v) is 15.5. The first kappa shape index (κ1) is 18.4. The highest BCUT2D eigenvalue weighted by Crippen LogP contribution is 2.35. The van der Waals surface area contributed by atoms with Crippen LogP contribution in [0.25, 0.3) is 0 Å². The number of carbonyl (C=O) groups is 1. The van der Waals surface area contributed by atoms with Crippen LogP contribution in [0.15, 0.2) is 30.3 Å². The molecule has 4 nitrogen and oxygen atoms in total. The summed E-state index contributed by atoms with van der Waals surface area (Å²) < 4.78 is -0.270. The van der Waals surface area contributed by atoms with Gasteiger partial charge in [0.15, 0.2) is 6.04 Å². The van der Waals surface area contributed by atoms with Crippen LogP contribution in [0.2, 0.25) is 0 Å². The van der Waals surface area contributed by atoms with Crippen molar-refractivity contribution in [2.45, 2.75) is 82.8 Å². The SMILES string of the molecule is C[C@@H](NC(=O)[C@@H]1CCC[N@@+]1([O-])C1CCCCCCC1)c1ccccc1. The Kier molecular flexibility index (Phi) is 6.13. The Hall–Kier alpha value is -1.39. The number of nitrogens with one attached hydrogen (secondary N) is 1. The smallest absolute Gasteiger partial charge is 0.279 e. The molecule has 0 bridgehead atoms. The fraction of sp³-hybridized carbons (Fsp3) is 0.667. The summed E-state index contributed by atoms with van der Waals surface area (Å²) in [7, 11) is 0. The fourth-order valence-electron chi connectivity index (χ4n) is 4.68. The number of hydroxylamine groups is 3. The maximum Gasteiger partial charge on any atom is 0.279 e. The standard InChI is InChI=1S/C21H32N2O2/c1-17(18-11-6-5-7-12-18)22-21(24)20-15-10-16-23(20,25)19-13-8-3-2-4-9-14-19/h5-7,11-12,17,19-20H,2-4,8-10,13-16H2,1H3,(H,22,24)/t17-,20+,23-/m1/s1. The van der Waals surface area contributed by atoms with E-state index in [2.05, 4.69) is 5.32 Å². The number of rotatable bonds is 4. The molecule has 3 rings (SSSR count). The van der Waals surface area contributed by atoms with Crippen molar-refractivity contribution >= 4 is 5.91 Å². The molecule has 0 spiro atoms. The number of carbonyl (C=O) groups excluding carboxylic acids is 1. The average molecular weight is 344 g/mol. The van der Waals surface area contributed by atoms with Crippen LogP contribution in [0.1, 0.15) is 76.3 Å². The first-order valence-electron chi connectivity index (χ1n) is 10.0. The highest BCUT2D eigenvalue weighted by molar-refractivity contribution is 5.81. The summed E-state index contributed by atoms with van der Waals surface area (Å²) in [6.45, 7) is 2.61. The second-order valence-electron chi connectivity index (χ2n) is 7.88. The van der Waals surface area contributed by atoms with Gasteiger partial charge in [-0.25, -0.2) is 0 Å². The van der Waals surface area contributed by atoms with Crippen LogP contribution < -0.4 is 5.32 Å². The van der Waals surface area contributed by atoms with Gasteiger partial charge in [-0.1, -0.05) is 49.6 Å². The number of amides is 1. The molecule has 1 aromatic rings. The molecule has 138 valence electrons. The van der Waals surface area contributed by atoms with Crippen LogP contribution in [0.4, 0.5) is 0 Å². The van der Waals surface area contributed by atoms with E-state index >= 15 is 0 Å². The van der Waals surface area contributed by atoms with Gasteiger partial charge in [-0.05, 0) is 38.2 Å². The Morgan fingerprint density at radius 2 is 1.68 bits per heavy atom. The summed E-state index contributed by atoms with van der Waals surface area (Å²) in [5, 5.41) is 16.8. The topological polar surface area (TPSA) is 52.2 Å². The minimum Gasteiger partial charge on any atom is -0.632 e.